The summed E-state index contributed by atoms with van der Waals surface area (Å²) in [5, 5.41) is 1.39. The predicted molar refractivity (Wildman–Crippen MR) is 116 cm³/mol. The molecule has 0 saturated carbocycles. The molecule has 3 aromatic rings. The highest BCUT2D eigenvalue weighted by Crippen LogP contribution is 2.29. The number of piperazine rings is 1. The summed E-state index contributed by atoms with van der Waals surface area (Å²) in [6, 6.07) is 13.8. The Morgan fingerprint density at radius 1 is 0.966 bits per heavy atom. The topological polar surface area (TPSA) is 69.6 Å². The summed E-state index contributed by atoms with van der Waals surface area (Å²) in [6.45, 7) is 3.49. The number of hydrogen-bond donors (Lipinski definition) is 0. The molecule has 1 aromatic heterocycles. The van der Waals surface area contributed by atoms with E-state index in [0.717, 1.165) is 41.7 Å². The van der Waals surface area contributed by atoms with E-state index in [1.54, 1.807) is 12.1 Å². The molecule has 0 N–H and O–H groups in total. The summed E-state index contributed by atoms with van der Waals surface area (Å²) in [5.74, 6) is 0.907. The molecule has 1 aliphatic heterocycles. The van der Waals surface area contributed by atoms with Crippen LogP contribution in [0.4, 0.5) is 11.8 Å². The number of nitrogens with zero attached hydrogens (tertiary/aromatic N) is 5. The summed E-state index contributed by atoms with van der Waals surface area (Å²) in [7, 11) is -0.246. The van der Waals surface area contributed by atoms with Crippen LogP contribution in [0.1, 0.15) is 0 Å². The molecule has 0 radical (unpaired) electrons. The van der Waals surface area contributed by atoms with Crippen molar-refractivity contribution in [1.82, 2.24) is 14.9 Å². The fourth-order valence-electron chi connectivity index (χ4n) is 3.32. The van der Waals surface area contributed by atoms with Gasteiger partial charge in [-0.15, -0.1) is 0 Å². The van der Waals surface area contributed by atoms with Gasteiger partial charge in [0.2, 0.25) is 5.95 Å². The van der Waals surface area contributed by atoms with E-state index >= 15 is 0 Å². The zero-order valence-corrected chi connectivity index (χ0v) is 17.9. The average Bonchev–Trinajstić information content (AvgIpc) is 2.73. The zero-order valence-electron chi connectivity index (χ0n) is 16.3. The van der Waals surface area contributed by atoms with Crippen molar-refractivity contribution < 1.29 is 8.42 Å². The minimum Gasteiger partial charge on any atom is -0.353 e. The lowest BCUT2D eigenvalue weighted by Gasteiger charge is -2.34. The maximum Gasteiger partial charge on any atom is 0.266 e. The normalized spacial score (nSPS) is 15.6. The van der Waals surface area contributed by atoms with Crippen LogP contribution in [0.2, 0.25) is 5.02 Å². The molecule has 0 unspecified atom stereocenters. The first-order valence-electron chi connectivity index (χ1n) is 9.31. The molecule has 0 aliphatic carbocycles. The smallest absolute Gasteiger partial charge is 0.266 e. The van der Waals surface area contributed by atoms with Crippen molar-refractivity contribution in [2.75, 3.05) is 49.5 Å². The number of rotatable bonds is 4. The van der Waals surface area contributed by atoms with E-state index in [1.165, 1.54) is 19.2 Å². The Morgan fingerprint density at radius 3 is 2.31 bits per heavy atom. The van der Waals surface area contributed by atoms with Crippen LogP contribution >= 0.6 is 11.6 Å². The fraction of sp³-hybridized carbons (Fsp3) is 0.300. The SMILES string of the molecule is CN1CCN(c2nc(N(C)S(=O)(=O)c3ccc(Cl)cc3)nc3ccccc23)CC1. The second-order valence-corrected chi connectivity index (χ2v) is 9.49. The van der Waals surface area contributed by atoms with Crippen LogP contribution in [0.25, 0.3) is 10.9 Å². The van der Waals surface area contributed by atoms with E-state index in [-0.39, 0.29) is 10.8 Å². The summed E-state index contributed by atoms with van der Waals surface area (Å²) in [5.41, 5.74) is 0.713. The Hall–Kier alpha value is -2.42. The second kappa shape index (κ2) is 7.78. The Bertz CT molecular complexity index is 1130. The quantitative estimate of drug-likeness (QED) is 0.632. The fourth-order valence-corrected chi connectivity index (χ4v) is 4.54. The minimum atomic E-state index is -3.81. The monoisotopic (exact) mass is 431 g/mol. The van der Waals surface area contributed by atoms with Gasteiger partial charge in [-0.2, -0.15) is 4.98 Å². The predicted octanol–water partition coefficient (Wildman–Crippen LogP) is 2.86. The number of anilines is 2. The molecule has 1 fully saturated rings. The number of para-hydroxylation sites is 1. The van der Waals surface area contributed by atoms with Gasteiger partial charge in [0.1, 0.15) is 5.82 Å². The van der Waals surface area contributed by atoms with E-state index in [9.17, 15) is 8.42 Å². The van der Waals surface area contributed by atoms with E-state index in [4.69, 9.17) is 11.6 Å². The zero-order chi connectivity index (χ0) is 20.6. The number of likely N-dealkylation sites (N-methyl/N-ethyl adjacent to an activating group) is 1. The van der Waals surface area contributed by atoms with Crippen LogP contribution in [-0.4, -0.2) is 63.6 Å². The molecule has 2 aromatic carbocycles. The van der Waals surface area contributed by atoms with Crippen molar-refractivity contribution in [3.8, 4) is 0 Å². The van der Waals surface area contributed by atoms with Gasteiger partial charge in [-0.05, 0) is 43.4 Å². The molecule has 152 valence electrons. The number of benzene rings is 2. The van der Waals surface area contributed by atoms with E-state index in [0.29, 0.717) is 10.5 Å². The second-order valence-electron chi connectivity index (χ2n) is 7.08. The van der Waals surface area contributed by atoms with Gasteiger partial charge in [-0.1, -0.05) is 23.7 Å². The Kier molecular flexibility index (Phi) is 5.33. The van der Waals surface area contributed by atoms with Crippen LogP contribution in [0, 0.1) is 0 Å². The minimum absolute atomic E-state index is 0.141. The lowest BCUT2D eigenvalue weighted by molar-refractivity contribution is 0.312. The number of halogens is 1. The van der Waals surface area contributed by atoms with Crippen LogP contribution in [0.5, 0.6) is 0 Å². The Labute approximate surface area is 175 Å². The lowest BCUT2D eigenvalue weighted by Crippen LogP contribution is -2.45. The maximum absolute atomic E-state index is 13.1. The molecule has 1 saturated heterocycles. The van der Waals surface area contributed by atoms with Crippen molar-refractivity contribution in [3.63, 3.8) is 0 Å². The van der Waals surface area contributed by atoms with Crippen molar-refractivity contribution in [3.05, 3.63) is 53.6 Å². The molecular formula is C20H22ClN5O2S. The van der Waals surface area contributed by atoms with Crippen LogP contribution in [0.3, 0.4) is 0 Å². The van der Waals surface area contributed by atoms with Gasteiger partial charge in [0.15, 0.2) is 0 Å². The molecule has 29 heavy (non-hydrogen) atoms. The van der Waals surface area contributed by atoms with Gasteiger partial charge < -0.3 is 9.80 Å². The van der Waals surface area contributed by atoms with Gasteiger partial charge in [0, 0.05) is 43.6 Å². The molecule has 9 heteroatoms. The largest absolute Gasteiger partial charge is 0.353 e. The summed E-state index contributed by atoms with van der Waals surface area (Å²) in [4.78, 5) is 13.8. The number of fused-ring (bicyclic) bond motifs is 1. The van der Waals surface area contributed by atoms with E-state index < -0.39 is 10.0 Å². The van der Waals surface area contributed by atoms with Gasteiger partial charge in [-0.25, -0.2) is 17.7 Å². The molecule has 0 atom stereocenters. The van der Waals surface area contributed by atoms with Gasteiger partial charge in [-0.3, -0.25) is 0 Å². The molecule has 7 nitrogen and oxygen atoms in total. The highest BCUT2D eigenvalue weighted by Gasteiger charge is 2.26. The molecule has 1 aliphatic rings. The number of sulfonamides is 1. The van der Waals surface area contributed by atoms with Gasteiger partial charge in [0.25, 0.3) is 10.0 Å². The first kappa shape index (κ1) is 19.9. The van der Waals surface area contributed by atoms with Crippen molar-refractivity contribution >= 4 is 44.3 Å². The summed E-state index contributed by atoms with van der Waals surface area (Å²) >= 11 is 5.90. The molecule has 0 bridgehead atoms. The molecular weight excluding hydrogens is 410 g/mol. The Morgan fingerprint density at radius 2 is 1.62 bits per heavy atom. The van der Waals surface area contributed by atoms with Crippen molar-refractivity contribution in [2.24, 2.45) is 0 Å². The molecule has 0 amide bonds. The summed E-state index contributed by atoms with van der Waals surface area (Å²) < 4.78 is 27.3. The average molecular weight is 432 g/mol. The number of aromatic nitrogens is 2. The van der Waals surface area contributed by atoms with Crippen LogP contribution < -0.4 is 9.21 Å². The maximum atomic E-state index is 13.1. The highest BCUT2D eigenvalue weighted by molar-refractivity contribution is 7.92. The molecule has 4 rings (SSSR count). The summed E-state index contributed by atoms with van der Waals surface area (Å²) in [6.07, 6.45) is 0. The molecule has 0 spiro atoms. The Balaban J connectivity index is 1.78. The first-order valence-corrected chi connectivity index (χ1v) is 11.1. The van der Waals surface area contributed by atoms with Crippen LogP contribution in [-0.2, 0) is 10.0 Å². The third-order valence-electron chi connectivity index (χ3n) is 5.13. The first-order chi connectivity index (χ1) is 13.9. The van der Waals surface area contributed by atoms with Gasteiger partial charge >= 0.3 is 0 Å². The molecule has 2 heterocycles. The van der Waals surface area contributed by atoms with Crippen molar-refractivity contribution in [2.45, 2.75) is 4.90 Å². The number of hydrogen-bond acceptors (Lipinski definition) is 6. The standard InChI is InChI=1S/C20H22ClN5O2S/c1-24-11-13-26(14-12-24)19-17-5-3-4-6-18(17)22-20(23-19)25(2)29(27,28)16-9-7-15(21)8-10-16/h3-10H,11-14H2,1-2H3. The highest BCUT2D eigenvalue weighted by atomic mass is 35.5. The van der Waals surface area contributed by atoms with Gasteiger partial charge in [0.05, 0.1) is 10.4 Å². The van der Waals surface area contributed by atoms with E-state index in [2.05, 4.69) is 26.8 Å². The van der Waals surface area contributed by atoms with E-state index in [1.807, 2.05) is 24.3 Å². The lowest BCUT2D eigenvalue weighted by atomic mass is 10.2. The third kappa shape index (κ3) is 3.88. The van der Waals surface area contributed by atoms with Crippen molar-refractivity contribution in [1.29, 1.82) is 0 Å². The van der Waals surface area contributed by atoms with Crippen LogP contribution in [0.15, 0.2) is 53.4 Å². The third-order valence-corrected chi connectivity index (χ3v) is 7.13.